The van der Waals surface area contributed by atoms with Gasteiger partial charge >= 0.3 is 0 Å². The Bertz CT molecular complexity index is 967. The number of nitrogens with zero attached hydrogens (tertiary/aromatic N) is 3. The summed E-state index contributed by atoms with van der Waals surface area (Å²) in [5.74, 6) is -2.35. The van der Waals surface area contributed by atoms with E-state index in [0.717, 1.165) is 25.8 Å². The lowest BCUT2D eigenvalue weighted by atomic mass is 9.82. The third kappa shape index (κ3) is 2.58. The molecule has 1 aliphatic heterocycles. The summed E-state index contributed by atoms with van der Waals surface area (Å²) in [7, 11) is 0. The molecule has 0 bridgehead atoms. The van der Waals surface area contributed by atoms with Crippen molar-refractivity contribution in [1.29, 1.82) is 0 Å². The van der Waals surface area contributed by atoms with E-state index in [0.29, 0.717) is 34.9 Å². The molecule has 0 aliphatic carbocycles. The molecule has 26 heavy (non-hydrogen) atoms. The Kier molecular flexibility index (Phi) is 3.99. The number of nitrogens with one attached hydrogen (secondary N) is 1. The molecule has 1 atom stereocenters. The molecular formula is C19H19F3N4. The van der Waals surface area contributed by atoms with Gasteiger partial charge in [-0.2, -0.15) is 0 Å². The maximum absolute atomic E-state index is 14.6. The minimum atomic E-state index is -0.943. The second-order valence-corrected chi connectivity index (χ2v) is 6.98. The molecule has 4 nitrogen and oxygen atoms in total. The van der Waals surface area contributed by atoms with Crippen LogP contribution in [0.4, 0.5) is 13.2 Å². The SMILES string of the molecule is Cc1nc2nccn2c(C2(C)CCCCN2)c1-c1c(F)cc(F)cc1F. The van der Waals surface area contributed by atoms with Gasteiger partial charge in [-0.25, -0.2) is 23.1 Å². The fourth-order valence-electron chi connectivity index (χ4n) is 3.93. The number of hydrogen-bond donors (Lipinski definition) is 1. The second-order valence-electron chi connectivity index (χ2n) is 6.98. The van der Waals surface area contributed by atoms with Gasteiger partial charge in [-0.15, -0.1) is 0 Å². The molecule has 0 saturated carbocycles. The minimum absolute atomic E-state index is 0.254. The first-order valence-corrected chi connectivity index (χ1v) is 8.65. The molecule has 4 rings (SSSR count). The first kappa shape index (κ1) is 17.0. The Morgan fingerprint density at radius 1 is 1.12 bits per heavy atom. The summed E-state index contributed by atoms with van der Waals surface area (Å²) in [4.78, 5) is 8.64. The summed E-state index contributed by atoms with van der Waals surface area (Å²) in [6.45, 7) is 4.52. The number of aromatic nitrogens is 3. The molecule has 136 valence electrons. The van der Waals surface area contributed by atoms with E-state index >= 15 is 0 Å². The van der Waals surface area contributed by atoms with Crippen LogP contribution in [-0.4, -0.2) is 20.9 Å². The van der Waals surface area contributed by atoms with Gasteiger partial charge < -0.3 is 5.32 Å². The highest BCUT2D eigenvalue weighted by molar-refractivity contribution is 5.72. The Morgan fingerprint density at radius 3 is 2.50 bits per heavy atom. The predicted octanol–water partition coefficient (Wildman–Crippen LogP) is 4.11. The molecule has 1 saturated heterocycles. The monoisotopic (exact) mass is 360 g/mol. The zero-order chi connectivity index (χ0) is 18.5. The molecule has 3 heterocycles. The first-order valence-electron chi connectivity index (χ1n) is 8.65. The number of fused-ring (bicyclic) bond motifs is 1. The number of imidazole rings is 1. The lowest BCUT2D eigenvalue weighted by Crippen LogP contribution is -2.45. The molecule has 3 aromatic rings. The van der Waals surface area contributed by atoms with Crippen molar-refractivity contribution in [3.8, 4) is 11.1 Å². The third-order valence-electron chi connectivity index (χ3n) is 5.13. The van der Waals surface area contributed by atoms with Crippen LogP contribution < -0.4 is 5.32 Å². The highest BCUT2D eigenvalue weighted by Gasteiger charge is 2.36. The van der Waals surface area contributed by atoms with E-state index in [9.17, 15) is 13.2 Å². The number of benzene rings is 1. The summed E-state index contributed by atoms with van der Waals surface area (Å²) in [5, 5.41) is 3.49. The summed E-state index contributed by atoms with van der Waals surface area (Å²) < 4.78 is 44.4. The maximum atomic E-state index is 14.6. The van der Waals surface area contributed by atoms with Crippen molar-refractivity contribution in [3.63, 3.8) is 0 Å². The Balaban J connectivity index is 2.10. The number of piperidine rings is 1. The van der Waals surface area contributed by atoms with Crippen molar-refractivity contribution < 1.29 is 13.2 Å². The number of aryl methyl sites for hydroxylation is 1. The van der Waals surface area contributed by atoms with Gasteiger partial charge in [-0.3, -0.25) is 4.40 Å². The summed E-state index contributed by atoms with van der Waals surface area (Å²) in [6, 6.07) is 1.41. The zero-order valence-electron chi connectivity index (χ0n) is 14.6. The minimum Gasteiger partial charge on any atom is -0.306 e. The predicted molar refractivity (Wildman–Crippen MR) is 92.2 cm³/mol. The van der Waals surface area contributed by atoms with Crippen molar-refractivity contribution in [3.05, 3.63) is 53.4 Å². The van der Waals surface area contributed by atoms with Crippen LogP contribution in [0.1, 0.15) is 37.6 Å². The second kappa shape index (κ2) is 6.09. The van der Waals surface area contributed by atoms with Gasteiger partial charge in [0, 0.05) is 30.1 Å². The van der Waals surface area contributed by atoms with E-state index in [1.54, 1.807) is 23.7 Å². The standard InChI is InChI=1S/C19H19F3N4/c1-11-15(16-13(21)9-12(20)10-14(16)22)17(19(2)5-3-4-6-24-19)26-8-7-23-18(26)25-11/h7-10,24H,3-6H2,1-2H3. The van der Waals surface area contributed by atoms with Gasteiger partial charge in [0.05, 0.1) is 22.5 Å². The first-order chi connectivity index (χ1) is 12.4. The molecule has 1 aliphatic rings. The average Bonchev–Trinajstić information content (AvgIpc) is 3.02. The van der Waals surface area contributed by atoms with Gasteiger partial charge in [0.2, 0.25) is 5.78 Å². The van der Waals surface area contributed by atoms with Gasteiger partial charge in [0.25, 0.3) is 0 Å². The Hall–Kier alpha value is -2.41. The van der Waals surface area contributed by atoms with Gasteiger partial charge in [-0.05, 0) is 39.7 Å². The van der Waals surface area contributed by atoms with Crippen LogP contribution in [0.5, 0.6) is 0 Å². The van der Waals surface area contributed by atoms with Gasteiger partial charge in [0.15, 0.2) is 0 Å². The zero-order valence-corrected chi connectivity index (χ0v) is 14.6. The van der Waals surface area contributed by atoms with Crippen LogP contribution in [0.2, 0.25) is 0 Å². The Morgan fingerprint density at radius 2 is 1.85 bits per heavy atom. The van der Waals surface area contributed by atoms with E-state index in [4.69, 9.17) is 0 Å². The number of halogens is 3. The molecule has 2 aromatic heterocycles. The highest BCUT2D eigenvalue weighted by atomic mass is 19.1. The largest absolute Gasteiger partial charge is 0.306 e. The van der Waals surface area contributed by atoms with E-state index < -0.39 is 23.0 Å². The quantitative estimate of drug-likeness (QED) is 0.748. The molecule has 7 heteroatoms. The van der Waals surface area contributed by atoms with Gasteiger partial charge in [-0.1, -0.05) is 0 Å². The number of rotatable bonds is 2. The molecule has 1 aromatic carbocycles. The maximum Gasteiger partial charge on any atom is 0.234 e. The van der Waals surface area contributed by atoms with E-state index in [-0.39, 0.29) is 5.56 Å². The lowest BCUT2D eigenvalue weighted by molar-refractivity contribution is 0.274. The lowest BCUT2D eigenvalue weighted by Gasteiger charge is -2.37. The van der Waals surface area contributed by atoms with E-state index in [1.807, 2.05) is 6.92 Å². The van der Waals surface area contributed by atoms with Crippen molar-refractivity contribution >= 4 is 5.78 Å². The topological polar surface area (TPSA) is 42.2 Å². The summed E-state index contributed by atoms with van der Waals surface area (Å²) in [5.41, 5.74) is 0.740. The van der Waals surface area contributed by atoms with Gasteiger partial charge in [0.1, 0.15) is 17.5 Å². The highest BCUT2D eigenvalue weighted by Crippen LogP contribution is 2.40. The third-order valence-corrected chi connectivity index (χ3v) is 5.13. The average molecular weight is 360 g/mol. The molecule has 1 N–H and O–H groups in total. The van der Waals surface area contributed by atoms with E-state index in [1.165, 1.54) is 0 Å². The smallest absolute Gasteiger partial charge is 0.234 e. The van der Waals surface area contributed by atoms with Crippen LogP contribution in [0.25, 0.3) is 16.9 Å². The molecule has 0 radical (unpaired) electrons. The van der Waals surface area contributed by atoms with Crippen molar-refractivity contribution in [2.45, 2.75) is 38.6 Å². The van der Waals surface area contributed by atoms with Crippen LogP contribution in [0, 0.1) is 24.4 Å². The Labute approximate surface area is 149 Å². The summed E-state index contributed by atoms with van der Waals surface area (Å²) in [6.07, 6.45) is 6.19. The van der Waals surface area contributed by atoms with Crippen molar-refractivity contribution in [1.82, 2.24) is 19.7 Å². The van der Waals surface area contributed by atoms with Crippen LogP contribution in [0.3, 0.4) is 0 Å². The summed E-state index contributed by atoms with van der Waals surface area (Å²) >= 11 is 0. The van der Waals surface area contributed by atoms with Crippen LogP contribution >= 0.6 is 0 Å². The molecular weight excluding hydrogens is 341 g/mol. The molecule has 1 unspecified atom stereocenters. The van der Waals surface area contributed by atoms with Crippen molar-refractivity contribution in [2.24, 2.45) is 0 Å². The molecule has 0 spiro atoms. The van der Waals surface area contributed by atoms with Crippen LogP contribution in [-0.2, 0) is 5.54 Å². The molecule has 1 fully saturated rings. The fraction of sp³-hybridized carbons (Fsp3) is 0.368. The molecule has 0 amide bonds. The van der Waals surface area contributed by atoms with Crippen LogP contribution in [0.15, 0.2) is 24.5 Å². The number of hydrogen-bond acceptors (Lipinski definition) is 3. The fourth-order valence-corrected chi connectivity index (χ4v) is 3.93. The normalized spacial score (nSPS) is 20.7. The van der Waals surface area contributed by atoms with Crippen molar-refractivity contribution in [2.75, 3.05) is 6.54 Å². The van der Waals surface area contributed by atoms with E-state index in [2.05, 4.69) is 15.3 Å².